The molecule has 3 N–H and O–H groups in total. The highest BCUT2D eigenvalue weighted by atomic mass is 35.5. The van der Waals surface area contributed by atoms with Gasteiger partial charge in [0.15, 0.2) is 0 Å². The Hall–Kier alpha value is -3.73. The number of aromatic nitrogens is 1. The number of carbonyl (C=O) groups excluding carboxylic acids is 1. The lowest BCUT2D eigenvalue weighted by atomic mass is 9.95. The van der Waals surface area contributed by atoms with Crippen LogP contribution in [0, 0.1) is 10.1 Å². The lowest BCUT2D eigenvalue weighted by Crippen LogP contribution is -2.45. The highest BCUT2D eigenvalue weighted by molar-refractivity contribution is 7.89. The maximum absolute atomic E-state index is 13.9. The maximum atomic E-state index is 13.9. The van der Waals surface area contributed by atoms with Crippen LogP contribution < -0.4 is 19.9 Å². The first-order chi connectivity index (χ1) is 20.9. The Morgan fingerprint density at radius 1 is 1.23 bits per heavy atom. The van der Waals surface area contributed by atoms with Crippen LogP contribution in [0.15, 0.2) is 53.4 Å². The van der Waals surface area contributed by atoms with Crippen LogP contribution in [-0.4, -0.2) is 89.9 Å². The molecule has 1 aliphatic rings. The molecule has 1 aliphatic heterocycles. The number of nitrogens with zero attached hydrogens (tertiary/aromatic N) is 3. The standard InChI is InChI=1S/C28H30BClN6O7S/c1-34(2)8-9-43-18-4-7-22-16(10-18)11-23(31-22)27(37)35-15-17(14-30)26-20-6-5-19(44(40,41)33-32-28(29)42-3)12-21(20)24(36(38)39)13-25(26)35/h4-7,10-13,17,28,31-33H,8-9,14-15H2,1-3H3. The van der Waals surface area contributed by atoms with Crippen LogP contribution in [0.5, 0.6) is 5.75 Å². The number of fused-ring (bicyclic) bond motifs is 4. The highest BCUT2D eigenvalue weighted by Crippen LogP contribution is 2.46. The zero-order valence-corrected chi connectivity index (χ0v) is 25.7. The minimum atomic E-state index is -4.17. The third-order valence-electron chi connectivity index (χ3n) is 7.37. The molecule has 1 aromatic heterocycles. The Bertz CT molecular complexity index is 1850. The number of halogens is 1. The number of methoxy groups -OCH3 is 1. The van der Waals surface area contributed by atoms with E-state index < -0.39 is 21.1 Å². The number of H-pyrrole nitrogens is 1. The third-order valence-corrected chi connectivity index (χ3v) is 9.00. The maximum Gasteiger partial charge on any atom is 0.279 e. The van der Waals surface area contributed by atoms with E-state index >= 15 is 0 Å². The zero-order chi connectivity index (χ0) is 31.8. The Kier molecular flexibility index (Phi) is 9.16. The zero-order valence-electron chi connectivity index (χ0n) is 24.2. The smallest absolute Gasteiger partial charge is 0.279 e. The molecule has 0 fully saturated rings. The van der Waals surface area contributed by atoms with Gasteiger partial charge in [0.2, 0.25) is 0 Å². The molecule has 13 nitrogen and oxygen atoms in total. The Morgan fingerprint density at radius 2 is 2.00 bits per heavy atom. The van der Waals surface area contributed by atoms with Crippen LogP contribution in [0.4, 0.5) is 11.4 Å². The lowest BCUT2D eigenvalue weighted by Gasteiger charge is -2.17. The minimum absolute atomic E-state index is 0.0875. The summed E-state index contributed by atoms with van der Waals surface area (Å²) in [5, 5.41) is 13.5. The number of amides is 1. The fourth-order valence-corrected chi connectivity index (χ4v) is 6.31. The number of hydrogen-bond acceptors (Lipinski definition) is 9. The first-order valence-corrected chi connectivity index (χ1v) is 15.5. The number of hydrazine groups is 1. The number of non-ortho nitro benzene ring substituents is 1. The van der Waals surface area contributed by atoms with E-state index in [0.717, 1.165) is 17.4 Å². The van der Waals surface area contributed by atoms with Gasteiger partial charge in [0.1, 0.15) is 25.9 Å². The number of likely N-dealkylation sites (N-methyl/N-ethyl adjacent to an activating group) is 1. The van der Waals surface area contributed by atoms with Crippen molar-refractivity contribution in [2.24, 2.45) is 0 Å². The molecule has 0 saturated carbocycles. The van der Waals surface area contributed by atoms with Crippen molar-refractivity contribution >= 4 is 68.4 Å². The molecule has 0 spiro atoms. The summed E-state index contributed by atoms with van der Waals surface area (Å²) < 4.78 is 36.3. The summed E-state index contributed by atoms with van der Waals surface area (Å²) in [6, 6.07) is 12.5. The van der Waals surface area contributed by atoms with Crippen molar-refractivity contribution in [2.45, 2.75) is 16.9 Å². The van der Waals surface area contributed by atoms with Gasteiger partial charge in [0.25, 0.3) is 21.6 Å². The van der Waals surface area contributed by atoms with Crippen LogP contribution in [-0.2, 0) is 14.8 Å². The quantitative estimate of drug-likeness (QED) is 0.0696. The topological polar surface area (TPSA) is 159 Å². The minimum Gasteiger partial charge on any atom is -0.492 e. The molecule has 0 bridgehead atoms. The first-order valence-electron chi connectivity index (χ1n) is 13.5. The highest BCUT2D eigenvalue weighted by Gasteiger charge is 2.37. The van der Waals surface area contributed by atoms with Gasteiger partial charge in [-0.05, 0) is 61.4 Å². The van der Waals surface area contributed by atoms with Crippen molar-refractivity contribution in [1.82, 2.24) is 20.1 Å². The molecule has 2 radical (unpaired) electrons. The number of nitro benzene ring substituents is 1. The predicted molar refractivity (Wildman–Crippen MR) is 168 cm³/mol. The average molecular weight is 641 g/mol. The summed E-state index contributed by atoms with van der Waals surface area (Å²) in [7, 11) is 6.56. The molecule has 4 aromatic rings. The van der Waals surface area contributed by atoms with Crippen molar-refractivity contribution in [2.75, 3.05) is 51.7 Å². The van der Waals surface area contributed by atoms with Gasteiger partial charge in [-0.2, -0.15) is 0 Å². The molecule has 0 aliphatic carbocycles. The summed E-state index contributed by atoms with van der Waals surface area (Å²) in [4.78, 5) is 34.0. The number of carbonyl (C=O) groups is 1. The second kappa shape index (κ2) is 12.7. The molecule has 0 saturated heterocycles. The number of nitro groups is 1. The Balaban J connectivity index is 1.52. The lowest BCUT2D eigenvalue weighted by molar-refractivity contribution is -0.383. The van der Waals surface area contributed by atoms with Gasteiger partial charge in [-0.25, -0.2) is 13.8 Å². The Morgan fingerprint density at radius 3 is 2.68 bits per heavy atom. The molecular formula is C28H30BClN6O7S. The fourth-order valence-electron chi connectivity index (χ4n) is 5.15. The largest absolute Gasteiger partial charge is 0.492 e. The van der Waals surface area contributed by atoms with Gasteiger partial charge in [-0.15, -0.1) is 16.4 Å². The third kappa shape index (κ3) is 6.25. The van der Waals surface area contributed by atoms with Crippen LogP contribution in [0.3, 0.4) is 0 Å². The van der Waals surface area contributed by atoms with Gasteiger partial charge < -0.3 is 24.3 Å². The summed E-state index contributed by atoms with van der Waals surface area (Å²) in [6.07, 6.45) is -1.11. The molecular weight excluding hydrogens is 611 g/mol. The monoisotopic (exact) mass is 640 g/mol. The number of aromatic amines is 1. The summed E-state index contributed by atoms with van der Waals surface area (Å²) in [6.45, 7) is 1.44. The van der Waals surface area contributed by atoms with E-state index in [4.69, 9.17) is 28.9 Å². The number of sulfonamides is 1. The van der Waals surface area contributed by atoms with E-state index in [0.29, 0.717) is 34.7 Å². The van der Waals surface area contributed by atoms with E-state index in [-0.39, 0.29) is 40.2 Å². The van der Waals surface area contributed by atoms with Crippen molar-refractivity contribution in [1.29, 1.82) is 0 Å². The van der Waals surface area contributed by atoms with Crippen molar-refractivity contribution in [3.63, 3.8) is 0 Å². The van der Waals surface area contributed by atoms with Crippen LogP contribution in [0.2, 0.25) is 0 Å². The number of hydrogen-bond donors (Lipinski definition) is 3. The number of alkyl halides is 1. The van der Waals surface area contributed by atoms with E-state index in [1.807, 2.05) is 37.2 Å². The average Bonchev–Trinajstić information content (AvgIpc) is 3.60. The van der Waals surface area contributed by atoms with Crippen molar-refractivity contribution < 1.29 is 27.6 Å². The summed E-state index contributed by atoms with van der Waals surface area (Å²) >= 11 is 6.35. The van der Waals surface area contributed by atoms with Gasteiger partial charge in [0, 0.05) is 49.0 Å². The molecule has 2 unspecified atom stereocenters. The predicted octanol–water partition coefficient (Wildman–Crippen LogP) is 3.03. The second-order valence-electron chi connectivity index (χ2n) is 10.5. The molecule has 5 rings (SSSR count). The molecule has 2 atom stereocenters. The molecule has 230 valence electrons. The number of benzene rings is 3. The SMILES string of the molecule is [B]C(NNS(=O)(=O)c1ccc2c3c(cc([N+](=O)[O-])c2c1)N(C(=O)c1cc2cc(OCCN(C)C)ccc2[nH]1)CC3CCl)OC. The molecule has 44 heavy (non-hydrogen) atoms. The van der Waals surface area contributed by atoms with Crippen molar-refractivity contribution in [3.8, 4) is 5.75 Å². The van der Waals surface area contributed by atoms with Gasteiger partial charge >= 0.3 is 0 Å². The van der Waals surface area contributed by atoms with Crippen LogP contribution >= 0.6 is 11.6 Å². The first kappa shape index (κ1) is 31.7. The number of rotatable bonds is 12. The number of nitrogens with one attached hydrogen (secondary N) is 3. The molecule has 3 aromatic carbocycles. The molecule has 16 heteroatoms. The molecule has 2 heterocycles. The summed E-state index contributed by atoms with van der Waals surface area (Å²) in [5.41, 5.74) is 3.91. The molecule has 1 amide bonds. The van der Waals surface area contributed by atoms with Gasteiger partial charge in [0.05, 0.1) is 27.0 Å². The normalized spacial score (nSPS) is 15.7. The fraction of sp³-hybridized carbons (Fsp3) is 0.321. The number of ether oxygens (including phenoxy) is 2. The second-order valence-corrected chi connectivity index (χ2v) is 12.5. The van der Waals surface area contributed by atoms with Gasteiger partial charge in [-0.3, -0.25) is 14.9 Å². The number of anilines is 1. The van der Waals surface area contributed by atoms with Crippen LogP contribution in [0.25, 0.3) is 21.7 Å². The van der Waals surface area contributed by atoms with Crippen molar-refractivity contribution in [3.05, 3.63) is 69.9 Å². The Labute approximate surface area is 260 Å². The van der Waals surface area contributed by atoms with E-state index in [1.54, 1.807) is 6.07 Å². The van der Waals surface area contributed by atoms with Gasteiger partial charge in [-0.1, -0.05) is 6.07 Å². The van der Waals surface area contributed by atoms with Crippen LogP contribution in [0.1, 0.15) is 22.0 Å². The van der Waals surface area contributed by atoms with E-state index in [2.05, 4.69) is 15.2 Å². The van der Waals surface area contributed by atoms with E-state index in [9.17, 15) is 23.3 Å². The summed E-state index contributed by atoms with van der Waals surface area (Å²) in [5.74, 6) is 0.0524. The van der Waals surface area contributed by atoms with E-state index in [1.165, 1.54) is 36.3 Å².